The fraction of sp³-hybridized carbons (Fsp3) is 0.606. The summed E-state index contributed by atoms with van der Waals surface area (Å²) in [5, 5.41) is 10.4. The number of fused-ring (bicyclic) bond motifs is 1. The summed E-state index contributed by atoms with van der Waals surface area (Å²) in [5.41, 5.74) is 0.718. The number of hydrogen-bond acceptors (Lipinski definition) is 5. The Bertz CT molecular complexity index is 1200. The highest BCUT2D eigenvalue weighted by Gasteiger charge is 2.79. The van der Waals surface area contributed by atoms with E-state index in [9.17, 15) is 19.5 Å². The summed E-state index contributed by atoms with van der Waals surface area (Å²) in [6.45, 7) is 18.5. The van der Waals surface area contributed by atoms with Crippen LogP contribution in [0.25, 0.3) is 0 Å². The second-order valence-corrected chi connectivity index (χ2v) is 11.9. The first kappa shape index (κ1) is 31.0. The van der Waals surface area contributed by atoms with Gasteiger partial charge in [-0.2, -0.15) is 0 Å². The molecule has 8 heteroatoms. The predicted molar refractivity (Wildman–Crippen MR) is 160 cm³/mol. The maximum atomic E-state index is 14.8. The van der Waals surface area contributed by atoms with Gasteiger partial charge in [0.05, 0.1) is 30.1 Å². The molecule has 4 rings (SSSR count). The summed E-state index contributed by atoms with van der Waals surface area (Å²) >= 11 is 0. The van der Waals surface area contributed by atoms with Crippen LogP contribution in [-0.2, 0) is 19.1 Å². The van der Waals surface area contributed by atoms with E-state index < -0.39 is 35.1 Å². The predicted octanol–water partition coefficient (Wildman–Crippen LogP) is 4.17. The Kier molecular flexibility index (Phi) is 9.14. The molecule has 3 amide bonds. The van der Waals surface area contributed by atoms with E-state index in [1.54, 1.807) is 26.9 Å². The van der Waals surface area contributed by atoms with E-state index >= 15 is 0 Å². The monoisotopic (exact) mass is 565 g/mol. The normalized spacial score (nSPS) is 28.9. The molecule has 6 atom stereocenters. The van der Waals surface area contributed by atoms with E-state index in [1.165, 1.54) is 0 Å². The first-order valence-corrected chi connectivity index (χ1v) is 15.1. The van der Waals surface area contributed by atoms with Crippen LogP contribution in [0.3, 0.4) is 0 Å². The Morgan fingerprint density at radius 2 is 1.85 bits per heavy atom. The lowest BCUT2D eigenvalue weighted by molar-refractivity contribution is -0.153. The molecule has 3 saturated heterocycles. The summed E-state index contributed by atoms with van der Waals surface area (Å²) < 4.78 is 6.96. The number of ether oxygens (including phenoxy) is 1. The molecule has 1 spiro atoms. The van der Waals surface area contributed by atoms with E-state index in [2.05, 4.69) is 13.2 Å². The quantitative estimate of drug-likeness (QED) is 0.363. The van der Waals surface area contributed by atoms with Crippen LogP contribution < -0.4 is 4.90 Å². The van der Waals surface area contributed by atoms with Gasteiger partial charge in [-0.15, -0.1) is 13.2 Å². The van der Waals surface area contributed by atoms with Gasteiger partial charge in [0.1, 0.15) is 11.6 Å². The van der Waals surface area contributed by atoms with Gasteiger partial charge in [0, 0.05) is 25.3 Å². The highest BCUT2D eigenvalue weighted by atomic mass is 16.5. The average molecular weight is 566 g/mol. The van der Waals surface area contributed by atoms with Crippen molar-refractivity contribution in [1.29, 1.82) is 0 Å². The minimum atomic E-state index is -1.16. The van der Waals surface area contributed by atoms with Crippen molar-refractivity contribution in [3.05, 3.63) is 54.6 Å². The van der Waals surface area contributed by atoms with Crippen LogP contribution in [0, 0.1) is 25.7 Å². The van der Waals surface area contributed by atoms with Crippen molar-refractivity contribution in [3.8, 4) is 0 Å². The van der Waals surface area contributed by atoms with Crippen LogP contribution in [0.4, 0.5) is 5.69 Å². The Morgan fingerprint density at radius 1 is 1.15 bits per heavy atom. The summed E-state index contributed by atoms with van der Waals surface area (Å²) in [4.78, 5) is 48.7. The lowest BCUT2D eigenvalue weighted by atomic mass is 9.64. The Balaban J connectivity index is 1.89. The smallest absolute Gasteiger partial charge is 0.253 e. The van der Waals surface area contributed by atoms with Crippen LogP contribution in [0.5, 0.6) is 0 Å². The molecule has 0 saturated carbocycles. The third-order valence-electron chi connectivity index (χ3n) is 9.58. The molecule has 3 heterocycles. The Hall–Kier alpha value is -2.97. The van der Waals surface area contributed by atoms with Gasteiger partial charge in [0.15, 0.2) is 0 Å². The molecule has 1 aromatic rings. The minimum absolute atomic E-state index is 0.115. The largest absolute Gasteiger partial charge is 0.394 e. The molecule has 224 valence electrons. The molecule has 2 bridgehead atoms. The van der Waals surface area contributed by atoms with Gasteiger partial charge in [0.25, 0.3) is 5.91 Å². The van der Waals surface area contributed by atoms with Crippen molar-refractivity contribution in [2.45, 2.75) is 90.0 Å². The number of carbonyl (C=O) groups excluding carboxylic acids is 3. The van der Waals surface area contributed by atoms with Gasteiger partial charge in [-0.25, -0.2) is 0 Å². The zero-order chi connectivity index (χ0) is 30.1. The SMILES string of the molecule is C=CCN(CCC)C(=O)[C@@H]1[C@H]2C(=O)N([C@@H](CC)CO)C(C(=O)N(CC=C)c3cc(C)ccc3C)C23CC[C@@]1(CC)O3. The molecule has 3 aliphatic heterocycles. The summed E-state index contributed by atoms with van der Waals surface area (Å²) in [6, 6.07) is 4.41. The fourth-order valence-corrected chi connectivity index (χ4v) is 7.63. The van der Waals surface area contributed by atoms with Crippen LogP contribution in [0.1, 0.15) is 64.0 Å². The number of anilines is 1. The molecular formula is C33H47N3O5. The molecule has 0 aliphatic carbocycles. The molecule has 8 nitrogen and oxygen atoms in total. The topological polar surface area (TPSA) is 90.4 Å². The van der Waals surface area contributed by atoms with E-state index in [0.717, 1.165) is 23.2 Å². The van der Waals surface area contributed by atoms with E-state index in [-0.39, 0.29) is 30.9 Å². The average Bonchev–Trinajstić information content (AvgIpc) is 3.57. The van der Waals surface area contributed by atoms with Crippen molar-refractivity contribution in [1.82, 2.24) is 9.80 Å². The van der Waals surface area contributed by atoms with Gasteiger partial charge in [-0.1, -0.05) is 45.1 Å². The number of benzene rings is 1. The van der Waals surface area contributed by atoms with Crippen LogP contribution in [0.15, 0.2) is 43.5 Å². The maximum absolute atomic E-state index is 14.8. The number of hydrogen-bond donors (Lipinski definition) is 1. The number of aliphatic hydroxyl groups excluding tert-OH is 1. The number of aliphatic hydroxyl groups is 1. The maximum Gasteiger partial charge on any atom is 0.253 e. The standard InChI is InChI=1S/C33H47N3O5/c1-8-17-34(18-9-2)29(38)26-27-30(39)36(24(11-4)21-37)28(33(27)16-15-32(26,12-5)41-33)31(40)35(19-10-3)25-20-22(6)13-14-23(25)7/h8,10,13-14,20,24,26-28,37H,1,3,9,11-12,15-19,21H2,2,4-7H3/t24-,26-,27-,28?,32+,33?/m0/s1. The van der Waals surface area contributed by atoms with Gasteiger partial charge in [0.2, 0.25) is 11.8 Å². The van der Waals surface area contributed by atoms with Crippen molar-refractivity contribution in [2.24, 2.45) is 11.8 Å². The van der Waals surface area contributed by atoms with Gasteiger partial charge in [-0.3, -0.25) is 14.4 Å². The lowest BCUT2D eigenvalue weighted by Crippen LogP contribution is -2.59. The second-order valence-electron chi connectivity index (χ2n) is 11.9. The minimum Gasteiger partial charge on any atom is -0.394 e. The summed E-state index contributed by atoms with van der Waals surface area (Å²) in [6.07, 6.45) is 6.30. The lowest BCUT2D eigenvalue weighted by Gasteiger charge is -2.39. The number of nitrogens with zero attached hydrogens (tertiary/aromatic N) is 3. The molecule has 3 aliphatic rings. The molecule has 41 heavy (non-hydrogen) atoms. The van der Waals surface area contributed by atoms with Crippen molar-refractivity contribution in [3.63, 3.8) is 0 Å². The van der Waals surface area contributed by atoms with Gasteiger partial charge >= 0.3 is 0 Å². The number of aryl methyl sites for hydroxylation is 2. The van der Waals surface area contributed by atoms with Crippen molar-refractivity contribution >= 4 is 23.4 Å². The van der Waals surface area contributed by atoms with Gasteiger partial charge < -0.3 is 24.5 Å². The van der Waals surface area contributed by atoms with E-state index in [0.29, 0.717) is 38.8 Å². The van der Waals surface area contributed by atoms with E-state index in [4.69, 9.17) is 4.74 Å². The van der Waals surface area contributed by atoms with E-state index in [1.807, 2.05) is 52.8 Å². The molecule has 1 N–H and O–H groups in total. The third kappa shape index (κ3) is 4.83. The van der Waals surface area contributed by atoms with Crippen LogP contribution >= 0.6 is 0 Å². The summed E-state index contributed by atoms with van der Waals surface area (Å²) in [5.74, 6) is -2.15. The highest BCUT2D eigenvalue weighted by Crippen LogP contribution is 2.65. The second kappa shape index (κ2) is 12.1. The van der Waals surface area contributed by atoms with Crippen LogP contribution in [0.2, 0.25) is 0 Å². The molecule has 1 aromatic carbocycles. The Morgan fingerprint density at radius 3 is 2.44 bits per heavy atom. The molecule has 0 aromatic heterocycles. The van der Waals surface area contributed by atoms with Crippen molar-refractivity contribution in [2.75, 3.05) is 31.1 Å². The number of amides is 3. The molecule has 0 radical (unpaired) electrons. The fourth-order valence-electron chi connectivity index (χ4n) is 7.63. The molecule has 2 unspecified atom stereocenters. The van der Waals surface area contributed by atoms with Gasteiger partial charge in [-0.05, 0) is 63.1 Å². The highest BCUT2D eigenvalue weighted by molar-refractivity contribution is 6.05. The third-order valence-corrected chi connectivity index (χ3v) is 9.58. The first-order chi connectivity index (χ1) is 19.6. The molecule has 3 fully saturated rings. The summed E-state index contributed by atoms with van der Waals surface area (Å²) in [7, 11) is 0. The number of likely N-dealkylation sites (tertiary alicyclic amines) is 1. The number of carbonyl (C=O) groups is 3. The number of rotatable bonds is 13. The molecular weight excluding hydrogens is 518 g/mol. The Labute approximate surface area is 245 Å². The van der Waals surface area contributed by atoms with Crippen LogP contribution in [-0.4, -0.2) is 82.2 Å². The first-order valence-electron chi connectivity index (χ1n) is 15.1. The zero-order valence-corrected chi connectivity index (χ0v) is 25.4. The zero-order valence-electron chi connectivity index (χ0n) is 25.4. The van der Waals surface area contributed by atoms with Crippen molar-refractivity contribution < 1.29 is 24.2 Å².